The Labute approximate surface area is 49.4 Å². The van der Waals surface area contributed by atoms with Crippen LogP contribution < -0.4 is 22.5 Å². The van der Waals surface area contributed by atoms with Crippen molar-refractivity contribution in [1.29, 1.82) is 0 Å². The van der Waals surface area contributed by atoms with E-state index in [9.17, 15) is 0 Å². The van der Waals surface area contributed by atoms with E-state index in [4.69, 9.17) is 17.2 Å². The van der Waals surface area contributed by atoms with Gasteiger partial charge >= 0.3 is 0 Å². The largest absolute Gasteiger partial charge is 0.329 e. The topological polar surface area (TPSA) is 100 Å². The molecule has 1 fully saturated rings. The van der Waals surface area contributed by atoms with E-state index in [1.807, 2.05) is 0 Å². The molecule has 0 bridgehead atoms. The fraction of sp³-hybridized carbons (Fsp3) is 1.00. The van der Waals surface area contributed by atoms with Crippen molar-refractivity contribution >= 4 is 0 Å². The van der Waals surface area contributed by atoms with E-state index < -0.39 is 0 Å². The van der Waals surface area contributed by atoms with E-state index in [-0.39, 0.29) is 0 Å². The smallest absolute Gasteiger partial charge is 0.0676 e. The molecule has 1 rings (SSSR count). The van der Waals surface area contributed by atoms with Crippen molar-refractivity contribution in [3.8, 4) is 0 Å². The molecule has 0 aromatic rings. The zero-order valence-electron chi connectivity index (χ0n) is 4.93. The van der Waals surface area contributed by atoms with E-state index in [1.54, 1.807) is 0 Å². The summed E-state index contributed by atoms with van der Waals surface area (Å²) >= 11 is 0. The summed E-state index contributed by atoms with van der Waals surface area (Å²) in [6.07, 6.45) is 0.333. The molecule has 8 heavy (non-hydrogen) atoms. The summed E-state index contributed by atoms with van der Waals surface area (Å²) in [7, 11) is 0. The Morgan fingerprint density at radius 3 is 1.62 bits per heavy atom. The van der Waals surface area contributed by atoms with Gasteiger partial charge in [-0.15, -0.1) is 0 Å². The fourth-order valence-electron chi connectivity index (χ4n) is 0.0680. The molecule has 1 atom stereocenters. The first-order valence-electron chi connectivity index (χ1n) is 2.70. The van der Waals surface area contributed by atoms with Gasteiger partial charge in [-0.25, -0.2) is 0 Å². The lowest BCUT2D eigenvalue weighted by molar-refractivity contribution is 0.976. The Balaban J connectivity index is 0.000000122. The standard InChI is InChI=1S/C2H6N2.C2H8N2/c3-2-1-4-2;3-1-2-4/h2,4H,1,3H2;1-4H2. The molecule has 0 spiro atoms. The SMILES string of the molecule is NC1CN1.NCCN. The lowest BCUT2D eigenvalue weighted by atomic mass is 10.7. The summed E-state index contributed by atoms with van der Waals surface area (Å²) in [6, 6.07) is 0. The number of nitrogens with two attached hydrogens (primary N) is 3. The molecule has 1 heterocycles. The predicted molar refractivity (Wildman–Crippen MR) is 34.1 cm³/mol. The molecule has 7 N–H and O–H groups in total. The van der Waals surface area contributed by atoms with Crippen LogP contribution in [0, 0.1) is 0 Å². The lowest BCUT2D eigenvalue weighted by Crippen LogP contribution is -2.11. The van der Waals surface area contributed by atoms with E-state index >= 15 is 0 Å². The van der Waals surface area contributed by atoms with Crippen LogP contribution in [-0.2, 0) is 0 Å². The molecule has 0 aromatic heterocycles. The third-order valence-corrected chi connectivity index (χ3v) is 0.606. The van der Waals surface area contributed by atoms with Gasteiger partial charge in [0.05, 0.1) is 6.17 Å². The van der Waals surface area contributed by atoms with E-state index in [2.05, 4.69) is 5.32 Å². The molecular weight excluding hydrogens is 104 g/mol. The summed E-state index contributed by atoms with van der Waals surface area (Å²) < 4.78 is 0. The maximum atomic E-state index is 5.11. The van der Waals surface area contributed by atoms with Crippen LogP contribution in [0.5, 0.6) is 0 Å². The minimum atomic E-state index is 0.333. The zero-order chi connectivity index (χ0) is 6.41. The van der Waals surface area contributed by atoms with Crippen molar-refractivity contribution < 1.29 is 0 Å². The summed E-state index contributed by atoms with van der Waals surface area (Å²) in [5.41, 5.74) is 14.9. The van der Waals surface area contributed by atoms with E-state index in [1.165, 1.54) is 0 Å². The molecular formula is C4H14N4. The first-order valence-corrected chi connectivity index (χ1v) is 2.70. The highest BCUT2D eigenvalue weighted by atomic mass is 15.2. The highest BCUT2D eigenvalue weighted by Crippen LogP contribution is 1.79. The predicted octanol–water partition coefficient (Wildman–Crippen LogP) is -2.22. The zero-order valence-corrected chi connectivity index (χ0v) is 4.93. The van der Waals surface area contributed by atoms with Gasteiger partial charge in [-0.1, -0.05) is 0 Å². The number of hydrogen-bond donors (Lipinski definition) is 4. The first kappa shape index (κ1) is 7.84. The van der Waals surface area contributed by atoms with Gasteiger partial charge in [0.2, 0.25) is 0 Å². The molecule has 1 aliphatic heterocycles. The van der Waals surface area contributed by atoms with Gasteiger partial charge in [0.1, 0.15) is 0 Å². The monoisotopic (exact) mass is 118 g/mol. The molecule has 1 unspecified atom stereocenters. The third-order valence-electron chi connectivity index (χ3n) is 0.606. The second-order valence-electron chi connectivity index (χ2n) is 1.59. The minimum Gasteiger partial charge on any atom is -0.329 e. The van der Waals surface area contributed by atoms with Crippen molar-refractivity contribution in [1.82, 2.24) is 5.32 Å². The lowest BCUT2D eigenvalue weighted by Gasteiger charge is -1.72. The molecule has 4 heteroatoms. The van der Waals surface area contributed by atoms with Gasteiger partial charge < -0.3 is 17.2 Å². The molecule has 0 amide bonds. The summed E-state index contributed by atoms with van der Waals surface area (Å²) in [6.45, 7) is 2.21. The van der Waals surface area contributed by atoms with Crippen LogP contribution >= 0.6 is 0 Å². The average Bonchev–Trinajstić information content (AvgIpc) is 2.52. The summed E-state index contributed by atoms with van der Waals surface area (Å²) in [4.78, 5) is 0. The molecule has 1 saturated heterocycles. The highest BCUT2D eigenvalue weighted by molar-refractivity contribution is 4.74. The van der Waals surface area contributed by atoms with Crippen molar-refractivity contribution in [2.45, 2.75) is 6.17 Å². The fourth-order valence-corrected chi connectivity index (χ4v) is 0.0680. The van der Waals surface area contributed by atoms with Gasteiger partial charge in [0.15, 0.2) is 0 Å². The summed E-state index contributed by atoms with van der Waals surface area (Å²) in [5.74, 6) is 0. The molecule has 50 valence electrons. The van der Waals surface area contributed by atoms with Gasteiger partial charge in [0, 0.05) is 19.6 Å². The van der Waals surface area contributed by atoms with E-state index in [0.29, 0.717) is 19.3 Å². The van der Waals surface area contributed by atoms with Crippen molar-refractivity contribution in [2.24, 2.45) is 17.2 Å². The van der Waals surface area contributed by atoms with Crippen molar-refractivity contribution in [2.75, 3.05) is 19.6 Å². The summed E-state index contributed by atoms with van der Waals surface area (Å²) in [5, 5.41) is 2.88. The van der Waals surface area contributed by atoms with E-state index in [0.717, 1.165) is 6.54 Å². The third kappa shape index (κ3) is 9.28. The Morgan fingerprint density at radius 2 is 1.62 bits per heavy atom. The van der Waals surface area contributed by atoms with Gasteiger partial charge in [0.25, 0.3) is 0 Å². The number of rotatable bonds is 1. The second-order valence-corrected chi connectivity index (χ2v) is 1.59. The molecule has 0 saturated carbocycles. The van der Waals surface area contributed by atoms with Crippen molar-refractivity contribution in [3.05, 3.63) is 0 Å². The maximum absolute atomic E-state index is 5.11. The van der Waals surface area contributed by atoms with Crippen LogP contribution in [0.4, 0.5) is 0 Å². The maximum Gasteiger partial charge on any atom is 0.0676 e. The molecule has 0 aliphatic carbocycles. The highest BCUT2D eigenvalue weighted by Gasteiger charge is 2.10. The Hall–Kier alpha value is -0.160. The van der Waals surface area contributed by atoms with Crippen LogP contribution in [0.1, 0.15) is 0 Å². The van der Waals surface area contributed by atoms with Gasteiger partial charge in [-0.3, -0.25) is 5.32 Å². The minimum absolute atomic E-state index is 0.333. The molecule has 0 aromatic carbocycles. The van der Waals surface area contributed by atoms with Crippen LogP contribution in [0.15, 0.2) is 0 Å². The van der Waals surface area contributed by atoms with Crippen LogP contribution in [0.2, 0.25) is 0 Å². The van der Waals surface area contributed by atoms with Crippen molar-refractivity contribution in [3.63, 3.8) is 0 Å². The molecule has 1 aliphatic rings. The van der Waals surface area contributed by atoms with Crippen LogP contribution in [-0.4, -0.2) is 25.8 Å². The van der Waals surface area contributed by atoms with Gasteiger partial charge in [-0.05, 0) is 0 Å². The first-order chi connectivity index (χ1) is 3.81. The Morgan fingerprint density at radius 1 is 1.38 bits per heavy atom. The number of nitrogens with one attached hydrogen (secondary N) is 1. The van der Waals surface area contributed by atoms with Crippen LogP contribution in [0.3, 0.4) is 0 Å². The van der Waals surface area contributed by atoms with Gasteiger partial charge in [-0.2, -0.15) is 0 Å². The number of hydrogen-bond acceptors (Lipinski definition) is 4. The Kier molecular flexibility index (Phi) is 4.89. The quantitative estimate of drug-likeness (QED) is 0.293. The Bertz CT molecular complexity index is 41.3. The normalized spacial score (nSPS) is 23.6. The average molecular weight is 118 g/mol. The van der Waals surface area contributed by atoms with Crippen LogP contribution in [0.25, 0.3) is 0 Å². The molecule has 0 radical (unpaired) electrons. The second kappa shape index (κ2) is 4.99. The molecule has 4 nitrogen and oxygen atoms in total.